The van der Waals surface area contributed by atoms with Crippen molar-refractivity contribution in [2.75, 3.05) is 0 Å². The molecule has 238 valence electrons. The number of furan rings is 1. The van der Waals surface area contributed by atoms with Crippen LogP contribution in [0.25, 0.3) is 99.6 Å². The molecule has 11 aromatic rings. The molecule has 51 heavy (non-hydrogen) atoms. The minimum atomic E-state index is 0.634. The van der Waals surface area contributed by atoms with E-state index in [9.17, 15) is 0 Å². The van der Waals surface area contributed by atoms with E-state index in [-0.39, 0.29) is 0 Å². The van der Waals surface area contributed by atoms with Crippen molar-refractivity contribution in [2.45, 2.75) is 0 Å². The number of rotatable bonds is 4. The van der Waals surface area contributed by atoms with Crippen LogP contribution in [0, 0.1) is 0 Å². The fourth-order valence-corrected chi connectivity index (χ4v) is 7.97. The quantitative estimate of drug-likeness (QED) is 0.190. The highest BCUT2D eigenvalue weighted by Crippen LogP contribution is 2.42. The number of hydrogen-bond acceptors (Lipinski definition) is 3. The zero-order valence-electron chi connectivity index (χ0n) is 27.4. The standard InChI is InChI=1S/C46H28N4O/c1-2-11-29(12-3-1)30-13-10-14-32(27-30)49-38-18-7-4-16-34(38)44-40(49)22-23-41-45(44)35-17-5-8-19-39(35)50(41)46-47-26-25-37(48-46)31-21-24-43-36(28-31)33-15-6-9-20-42(33)51-43/h1-28H. The summed E-state index contributed by atoms with van der Waals surface area (Å²) in [6.07, 6.45) is 1.86. The van der Waals surface area contributed by atoms with E-state index in [1.807, 2.05) is 36.5 Å². The monoisotopic (exact) mass is 652 g/mol. The van der Waals surface area contributed by atoms with Gasteiger partial charge in [0.05, 0.1) is 27.8 Å². The van der Waals surface area contributed by atoms with Crippen LogP contribution in [-0.4, -0.2) is 19.1 Å². The molecule has 5 nitrogen and oxygen atoms in total. The Balaban J connectivity index is 1.15. The molecule has 7 aromatic carbocycles. The normalized spacial score (nSPS) is 11.9. The zero-order chi connectivity index (χ0) is 33.5. The van der Waals surface area contributed by atoms with E-state index < -0.39 is 0 Å². The first kappa shape index (κ1) is 27.9. The van der Waals surface area contributed by atoms with Crippen molar-refractivity contribution in [1.82, 2.24) is 19.1 Å². The summed E-state index contributed by atoms with van der Waals surface area (Å²) in [5, 5.41) is 6.96. The maximum atomic E-state index is 6.11. The van der Waals surface area contributed by atoms with Gasteiger partial charge < -0.3 is 8.98 Å². The molecule has 4 heterocycles. The largest absolute Gasteiger partial charge is 0.456 e. The van der Waals surface area contributed by atoms with Crippen molar-refractivity contribution in [3.63, 3.8) is 0 Å². The number of aromatic nitrogens is 4. The van der Waals surface area contributed by atoms with Gasteiger partial charge >= 0.3 is 0 Å². The van der Waals surface area contributed by atoms with E-state index in [0.29, 0.717) is 5.95 Å². The molecular formula is C46H28N4O. The summed E-state index contributed by atoms with van der Waals surface area (Å²) in [7, 11) is 0. The Bertz CT molecular complexity index is 3150. The summed E-state index contributed by atoms with van der Waals surface area (Å²) < 4.78 is 10.7. The van der Waals surface area contributed by atoms with Gasteiger partial charge in [-0.15, -0.1) is 0 Å². The molecule has 0 spiro atoms. The highest BCUT2D eigenvalue weighted by Gasteiger charge is 2.21. The van der Waals surface area contributed by atoms with Crippen molar-refractivity contribution in [2.24, 2.45) is 0 Å². The third-order valence-corrected chi connectivity index (χ3v) is 10.2. The number of benzene rings is 7. The average molecular weight is 653 g/mol. The summed E-state index contributed by atoms with van der Waals surface area (Å²) in [4.78, 5) is 10.1. The van der Waals surface area contributed by atoms with Crippen molar-refractivity contribution < 1.29 is 4.42 Å². The molecular weight excluding hydrogens is 625 g/mol. The van der Waals surface area contributed by atoms with Crippen molar-refractivity contribution in [1.29, 1.82) is 0 Å². The van der Waals surface area contributed by atoms with Crippen LogP contribution in [0.5, 0.6) is 0 Å². The van der Waals surface area contributed by atoms with Gasteiger partial charge in [0.1, 0.15) is 11.2 Å². The summed E-state index contributed by atoms with van der Waals surface area (Å²) in [5.41, 5.74) is 11.6. The topological polar surface area (TPSA) is 48.8 Å². The molecule has 0 amide bonds. The van der Waals surface area contributed by atoms with E-state index in [2.05, 4.69) is 143 Å². The molecule has 0 aliphatic heterocycles. The lowest BCUT2D eigenvalue weighted by Crippen LogP contribution is -2.01. The molecule has 0 N–H and O–H groups in total. The Morgan fingerprint density at radius 1 is 0.412 bits per heavy atom. The average Bonchev–Trinajstić information content (AvgIpc) is 3.85. The second-order valence-electron chi connectivity index (χ2n) is 13.0. The molecule has 11 rings (SSSR count). The molecule has 0 aliphatic carbocycles. The summed E-state index contributed by atoms with van der Waals surface area (Å²) in [6.45, 7) is 0. The maximum Gasteiger partial charge on any atom is 0.235 e. The van der Waals surface area contributed by atoms with Gasteiger partial charge in [0.25, 0.3) is 0 Å². The highest BCUT2D eigenvalue weighted by molar-refractivity contribution is 6.28. The lowest BCUT2D eigenvalue weighted by molar-refractivity contribution is 0.669. The third kappa shape index (κ3) is 4.15. The Morgan fingerprint density at radius 2 is 1.06 bits per heavy atom. The predicted octanol–water partition coefficient (Wildman–Crippen LogP) is 11.9. The van der Waals surface area contributed by atoms with Gasteiger partial charge in [-0.25, -0.2) is 9.97 Å². The van der Waals surface area contributed by atoms with Gasteiger partial charge in [0.15, 0.2) is 0 Å². The molecule has 0 saturated carbocycles. The van der Waals surface area contributed by atoms with Crippen LogP contribution >= 0.6 is 0 Å². The number of nitrogens with zero attached hydrogens (tertiary/aromatic N) is 4. The van der Waals surface area contributed by atoms with Crippen molar-refractivity contribution >= 4 is 65.6 Å². The first-order chi connectivity index (χ1) is 25.3. The van der Waals surface area contributed by atoms with Crippen LogP contribution in [0.2, 0.25) is 0 Å². The lowest BCUT2D eigenvalue weighted by atomic mass is 10.0. The smallest absolute Gasteiger partial charge is 0.235 e. The first-order valence-electron chi connectivity index (χ1n) is 17.2. The van der Waals surface area contributed by atoms with Gasteiger partial charge in [-0.2, -0.15) is 0 Å². The molecule has 4 aromatic heterocycles. The number of fused-ring (bicyclic) bond motifs is 10. The Morgan fingerprint density at radius 3 is 1.86 bits per heavy atom. The van der Waals surface area contributed by atoms with Crippen LogP contribution in [0.15, 0.2) is 174 Å². The van der Waals surface area contributed by atoms with Gasteiger partial charge in [0.2, 0.25) is 5.95 Å². The number of hydrogen-bond donors (Lipinski definition) is 0. The van der Waals surface area contributed by atoms with Crippen LogP contribution in [-0.2, 0) is 0 Å². The Hall–Kier alpha value is -6.98. The van der Waals surface area contributed by atoms with Crippen molar-refractivity contribution in [3.8, 4) is 34.0 Å². The zero-order valence-corrected chi connectivity index (χ0v) is 27.4. The fraction of sp³-hybridized carbons (Fsp3) is 0. The molecule has 0 radical (unpaired) electrons. The van der Waals surface area contributed by atoms with Crippen LogP contribution < -0.4 is 0 Å². The minimum Gasteiger partial charge on any atom is -0.456 e. The van der Waals surface area contributed by atoms with E-state index in [1.54, 1.807) is 0 Å². The Labute approximate surface area is 292 Å². The first-order valence-corrected chi connectivity index (χ1v) is 17.2. The van der Waals surface area contributed by atoms with E-state index in [0.717, 1.165) is 55.4 Å². The van der Waals surface area contributed by atoms with E-state index in [1.165, 1.54) is 38.2 Å². The van der Waals surface area contributed by atoms with Crippen LogP contribution in [0.3, 0.4) is 0 Å². The molecule has 0 fully saturated rings. The second kappa shape index (κ2) is 10.8. The molecule has 5 heteroatoms. The molecule has 0 bridgehead atoms. The van der Waals surface area contributed by atoms with E-state index >= 15 is 0 Å². The third-order valence-electron chi connectivity index (χ3n) is 10.2. The van der Waals surface area contributed by atoms with Gasteiger partial charge in [-0.05, 0) is 77.9 Å². The second-order valence-corrected chi connectivity index (χ2v) is 13.0. The van der Waals surface area contributed by atoms with Gasteiger partial charge in [-0.1, -0.05) is 97.1 Å². The fourth-order valence-electron chi connectivity index (χ4n) is 7.97. The molecule has 0 atom stereocenters. The Kier molecular flexibility index (Phi) is 5.89. The SMILES string of the molecule is c1ccc(-c2cccc(-n3c4ccccc4c4c5c6ccccc6n(-c6nccc(-c7ccc8oc9ccccc9c8c7)n6)c5ccc43)c2)cc1. The van der Waals surface area contributed by atoms with Gasteiger partial charge in [-0.3, -0.25) is 4.57 Å². The van der Waals surface area contributed by atoms with Crippen molar-refractivity contribution in [3.05, 3.63) is 170 Å². The highest BCUT2D eigenvalue weighted by atomic mass is 16.3. The molecule has 0 unspecified atom stereocenters. The summed E-state index contributed by atoms with van der Waals surface area (Å²) in [5.74, 6) is 0.634. The van der Waals surface area contributed by atoms with Crippen LogP contribution in [0.4, 0.5) is 0 Å². The summed E-state index contributed by atoms with van der Waals surface area (Å²) >= 11 is 0. The minimum absolute atomic E-state index is 0.634. The predicted molar refractivity (Wildman–Crippen MR) is 209 cm³/mol. The van der Waals surface area contributed by atoms with Crippen LogP contribution in [0.1, 0.15) is 0 Å². The maximum absolute atomic E-state index is 6.11. The molecule has 0 aliphatic rings. The number of para-hydroxylation sites is 3. The lowest BCUT2D eigenvalue weighted by Gasteiger charge is -2.11. The molecule has 0 saturated heterocycles. The van der Waals surface area contributed by atoms with Gasteiger partial charge in [0, 0.05) is 49.8 Å². The summed E-state index contributed by atoms with van der Waals surface area (Å²) in [6, 6.07) is 57.6. The van der Waals surface area contributed by atoms with E-state index in [4.69, 9.17) is 14.4 Å².